The van der Waals surface area contributed by atoms with E-state index in [0.29, 0.717) is 11.7 Å². The van der Waals surface area contributed by atoms with Crippen molar-refractivity contribution in [1.29, 1.82) is 0 Å². The van der Waals surface area contributed by atoms with Crippen molar-refractivity contribution in [2.24, 2.45) is 0 Å². The molecule has 0 aliphatic heterocycles. The van der Waals surface area contributed by atoms with Crippen LogP contribution in [0.3, 0.4) is 0 Å². The van der Waals surface area contributed by atoms with Crippen molar-refractivity contribution in [3.05, 3.63) is 57.0 Å². The van der Waals surface area contributed by atoms with Gasteiger partial charge in [-0.05, 0) is 64.7 Å². The number of hydrogen-bond acceptors (Lipinski definition) is 2. The van der Waals surface area contributed by atoms with Crippen LogP contribution in [0, 0.1) is 0 Å². The lowest BCUT2D eigenvalue weighted by molar-refractivity contribution is -0.122. The van der Waals surface area contributed by atoms with E-state index in [1.165, 1.54) is 5.56 Å². The SMILES string of the molecule is CC(C)c1ccc(NC(=O)[C@@H](C)Oc2ccc(Br)cc2Br)cc1. The second-order valence-corrected chi connectivity index (χ2v) is 7.37. The predicted molar refractivity (Wildman–Crippen MR) is 101 cm³/mol. The van der Waals surface area contributed by atoms with Gasteiger partial charge in [0.1, 0.15) is 5.75 Å². The minimum absolute atomic E-state index is 0.183. The number of hydrogen-bond donors (Lipinski definition) is 1. The molecule has 0 saturated carbocycles. The van der Waals surface area contributed by atoms with E-state index in [2.05, 4.69) is 51.0 Å². The van der Waals surface area contributed by atoms with Crippen molar-refractivity contribution in [3.63, 3.8) is 0 Å². The average molecular weight is 441 g/mol. The molecule has 3 nitrogen and oxygen atoms in total. The van der Waals surface area contributed by atoms with Crippen molar-refractivity contribution in [3.8, 4) is 5.75 Å². The number of carbonyl (C=O) groups is 1. The van der Waals surface area contributed by atoms with Gasteiger partial charge in [0.15, 0.2) is 6.10 Å². The third kappa shape index (κ3) is 5.08. The van der Waals surface area contributed by atoms with Crippen LogP contribution >= 0.6 is 31.9 Å². The molecule has 122 valence electrons. The van der Waals surface area contributed by atoms with Crippen LogP contribution in [-0.4, -0.2) is 12.0 Å². The molecule has 1 amide bonds. The van der Waals surface area contributed by atoms with Gasteiger partial charge in [0.25, 0.3) is 5.91 Å². The Hall–Kier alpha value is -1.33. The van der Waals surface area contributed by atoms with Gasteiger partial charge in [-0.15, -0.1) is 0 Å². The highest BCUT2D eigenvalue weighted by atomic mass is 79.9. The normalized spacial score (nSPS) is 12.1. The fraction of sp³-hybridized carbons (Fsp3) is 0.278. The largest absolute Gasteiger partial charge is 0.480 e. The quantitative estimate of drug-likeness (QED) is 0.643. The molecule has 0 aliphatic carbocycles. The Morgan fingerprint density at radius 3 is 2.26 bits per heavy atom. The van der Waals surface area contributed by atoms with Crippen LogP contribution in [0.4, 0.5) is 5.69 Å². The van der Waals surface area contributed by atoms with Gasteiger partial charge >= 0.3 is 0 Å². The maximum atomic E-state index is 12.3. The Balaban J connectivity index is 1.99. The van der Waals surface area contributed by atoms with Crippen LogP contribution in [0.1, 0.15) is 32.3 Å². The third-order valence-corrected chi connectivity index (χ3v) is 4.52. The molecular weight excluding hydrogens is 422 g/mol. The van der Waals surface area contributed by atoms with Gasteiger partial charge in [-0.3, -0.25) is 4.79 Å². The minimum atomic E-state index is -0.600. The van der Waals surface area contributed by atoms with Gasteiger partial charge in [-0.2, -0.15) is 0 Å². The topological polar surface area (TPSA) is 38.3 Å². The molecular formula is C18H19Br2NO2. The lowest BCUT2D eigenvalue weighted by Gasteiger charge is -2.16. The van der Waals surface area contributed by atoms with Crippen molar-refractivity contribution >= 4 is 43.5 Å². The molecule has 0 bridgehead atoms. The first-order valence-electron chi connectivity index (χ1n) is 7.39. The van der Waals surface area contributed by atoms with Crippen LogP contribution in [-0.2, 0) is 4.79 Å². The molecule has 2 aromatic carbocycles. The van der Waals surface area contributed by atoms with Gasteiger partial charge in [0, 0.05) is 10.2 Å². The predicted octanol–water partition coefficient (Wildman–Crippen LogP) is 5.74. The van der Waals surface area contributed by atoms with Crippen molar-refractivity contribution in [2.45, 2.75) is 32.8 Å². The minimum Gasteiger partial charge on any atom is -0.480 e. The van der Waals surface area contributed by atoms with E-state index in [9.17, 15) is 4.79 Å². The molecule has 0 spiro atoms. The molecule has 0 radical (unpaired) electrons. The summed E-state index contributed by atoms with van der Waals surface area (Å²) in [4.78, 5) is 12.3. The van der Waals surface area contributed by atoms with Crippen LogP contribution < -0.4 is 10.1 Å². The Morgan fingerprint density at radius 1 is 1.04 bits per heavy atom. The van der Waals surface area contributed by atoms with Gasteiger partial charge in [0.2, 0.25) is 0 Å². The highest BCUT2D eigenvalue weighted by Gasteiger charge is 2.16. The van der Waals surface area contributed by atoms with E-state index in [0.717, 1.165) is 14.6 Å². The zero-order valence-corrected chi connectivity index (χ0v) is 16.4. The first-order chi connectivity index (χ1) is 10.9. The highest BCUT2D eigenvalue weighted by Crippen LogP contribution is 2.29. The molecule has 2 aromatic rings. The Kier molecular flexibility index (Phi) is 6.25. The van der Waals surface area contributed by atoms with Gasteiger partial charge in [0.05, 0.1) is 4.47 Å². The number of ether oxygens (including phenoxy) is 1. The summed E-state index contributed by atoms with van der Waals surface area (Å²) >= 11 is 6.81. The van der Waals surface area contributed by atoms with Crippen LogP contribution in [0.2, 0.25) is 0 Å². The summed E-state index contributed by atoms with van der Waals surface area (Å²) in [7, 11) is 0. The molecule has 0 fully saturated rings. The number of rotatable bonds is 5. The molecule has 5 heteroatoms. The number of halogens is 2. The van der Waals surface area contributed by atoms with Crippen LogP contribution in [0.5, 0.6) is 5.75 Å². The molecule has 1 N–H and O–H groups in total. The summed E-state index contributed by atoms with van der Waals surface area (Å²) in [5.41, 5.74) is 2.01. The summed E-state index contributed by atoms with van der Waals surface area (Å²) in [5.74, 6) is 0.917. The molecule has 2 rings (SSSR count). The standard InChI is InChI=1S/C18H19Br2NO2/c1-11(2)13-4-7-15(8-5-13)21-18(22)12(3)23-17-9-6-14(19)10-16(17)20/h4-12H,1-3H3,(H,21,22)/t12-/m1/s1. The van der Waals surface area contributed by atoms with E-state index < -0.39 is 6.10 Å². The van der Waals surface area contributed by atoms with Crippen molar-refractivity contribution in [1.82, 2.24) is 0 Å². The Morgan fingerprint density at radius 2 is 1.70 bits per heavy atom. The lowest BCUT2D eigenvalue weighted by Crippen LogP contribution is -2.30. The monoisotopic (exact) mass is 439 g/mol. The summed E-state index contributed by atoms with van der Waals surface area (Å²) in [6.45, 7) is 6.01. The number of benzene rings is 2. The van der Waals surface area contributed by atoms with Crippen molar-refractivity contribution < 1.29 is 9.53 Å². The van der Waals surface area contributed by atoms with E-state index in [4.69, 9.17) is 4.74 Å². The number of anilines is 1. The lowest BCUT2D eigenvalue weighted by atomic mass is 10.0. The highest BCUT2D eigenvalue weighted by molar-refractivity contribution is 9.11. The molecule has 23 heavy (non-hydrogen) atoms. The van der Waals surface area contributed by atoms with E-state index in [1.807, 2.05) is 42.5 Å². The third-order valence-electron chi connectivity index (χ3n) is 3.41. The zero-order chi connectivity index (χ0) is 17.0. The van der Waals surface area contributed by atoms with E-state index >= 15 is 0 Å². The second kappa shape index (κ2) is 7.97. The maximum Gasteiger partial charge on any atom is 0.265 e. The maximum absolute atomic E-state index is 12.3. The summed E-state index contributed by atoms with van der Waals surface area (Å²) < 4.78 is 7.46. The summed E-state index contributed by atoms with van der Waals surface area (Å²) in [5, 5.41) is 2.87. The first kappa shape index (κ1) is 18.0. The molecule has 0 heterocycles. The second-order valence-electron chi connectivity index (χ2n) is 5.60. The number of nitrogens with one attached hydrogen (secondary N) is 1. The summed E-state index contributed by atoms with van der Waals surface area (Å²) in [6, 6.07) is 13.4. The fourth-order valence-corrected chi connectivity index (χ4v) is 3.15. The molecule has 1 atom stereocenters. The molecule has 0 aliphatic rings. The Bertz CT molecular complexity index is 684. The van der Waals surface area contributed by atoms with Gasteiger partial charge < -0.3 is 10.1 Å². The van der Waals surface area contributed by atoms with Crippen LogP contribution in [0.15, 0.2) is 51.4 Å². The Labute approximate surface area is 153 Å². The van der Waals surface area contributed by atoms with Gasteiger partial charge in [-0.1, -0.05) is 41.9 Å². The fourth-order valence-electron chi connectivity index (χ4n) is 2.01. The summed E-state index contributed by atoms with van der Waals surface area (Å²) in [6.07, 6.45) is -0.600. The number of carbonyl (C=O) groups excluding carboxylic acids is 1. The van der Waals surface area contributed by atoms with Crippen molar-refractivity contribution in [2.75, 3.05) is 5.32 Å². The van der Waals surface area contributed by atoms with Crippen LogP contribution in [0.25, 0.3) is 0 Å². The van der Waals surface area contributed by atoms with E-state index in [-0.39, 0.29) is 5.91 Å². The zero-order valence-electron chi connectivity index (χ0n) is 13.3. The molecule has 0 aromatic heterocycles. The average Bonchev–Trinajstić information content (AvgIpc) is 2.50. The smallest absolute Gasteiger partial charge is 0.265 e. The molecule has 0 unspecified atom stereocenters. The van der Waals surface area contributed by atoms with Gasteiger partial charge in [-0.25, -0.2) is 0 Å². The first-order valence-corrected chi connectivity index (χ1v) is 8.98. The molecule has 0 saturated heterocycles. The number of amides is 1. The van der Waals surface area contributed by atoms with E-state index in [1.54, 1.807) is 6.92 Å².